The average molecular weight is 268 g/mol. The highest BCUT2D eigenvalue weighted by Gasteiger charge is 2.38. The fraction of sp³-hybridized carbons (Fsp3) is 0.538. The molecule has 4 nitrogen and oxygen atoms in total. The summed E-state index contributed by atoms with van der Waals surface area (Å²) in [6.45, 7) is 5.46. The number of rotatable bonds is 6. The minimum absolute atomic E-state index is 0.177. The van der Waals surface area contributed by atoms with Crippen molar-refractivity contribution in [1.82, 2.24) is 4.72 Å². The van der Waals surface area contributed by atoms with Crippen molar-refractivity contribution in [3.05, 3.63) is 24.3 Å². The summed E-state index contributed by atoms with van der Waals surface area (Å²) in [5, 5.41) is 3.14. The van der Waals surface area contributed by atoms with E-state index in [9.17, 15) is 8.42 Å². The van der Waals surface area contributed by atoms with Gasteiger partial charge in [-0.3, -0.25) is 0 Å². The molecule has 0 spiro atoms. The summed E-state index contributed by atoms with van der Waals surface area (Å²) in [4.78, 5) is 0.327. The van der Waals surface area contributed by atoms with E-state index < -0.39 is 10.0 Å². The molecule has 1 aromatic rings. The molecular weight excluding hydrogens is 248 g/mol. The summed E-state index contributed by atoms with van der Waals surface area (Å²) in [6, 6.07) is 6.85. The number of sulfonamides is 1. The minimum atomic E-state index is -3.36. The summed E-state index contributed by atoms with van der Waals surface area (Å²) >= 11 is 0. The summed E-state index contributed by atoms with van der Waals surface area (Å²) in [5.74, 6) is 0. The van der Waals surface area contributed by atoms with Gasteiger partial charge in [0.2, 0.25) is 10.0 Å². The molecule has 2 N–H and O–H groups in total. The van der Waals surface area contributed by atoms with Crippen molar-refractivity contribution in [2.45, 2.75) is 31.6 Å². The van der Waals surface area contributed by atoms with E-state index >= 15 is 0 Å². The van der Waals surface area contributed by atoms with Crippen molar-refractivity contribution < 1.29 is 8.42 Å². The average Bonchev–Trinajstić information content (AvgIpc) is 3.07. The van der Waals surface area contributed by atoms with Crippen molar-refractivity contribution in [3.63, 3.8) is 0 Å². The second-order valence-electron chi connectivity index (χ2n) is 5.19. The van der Waals surface area contributed by atoms with E-state index in [1.807, 2.05) is 6.92 Å². The normalized spacial score (nSPS) is 17.4. The van der Waals surface area contributed by atoms with Gasteiger partial charge in [-0.05, 0) is 49.4 Å². The van der Waals surface area contributed by atoms with Crippen molar-refractivity contribution in [3.8, 4) is 0 Å². The molecule has 1 aromatic carbocycles. The van der Waals surface area contributed by atoms with E-state index in [0.717, 1.165) is 25.1 Å². The van der Waals surface area contributed by atoms with Crippen LogP contribution in [0, 0.1) is 5.41 Å². The zero-order chi connectivity index (χ0) is 13.2. The molecule has 1 fully saturated rings. The van der Waals surface area contributed by atoms with Crippen LogP contribution in [-0.4, -0.2) is 21.5 Å². The molecule has 0 radical (unpaired) electrons. The lowest BCUT2D eigenvalue weighted by atomic mass is 10.2. The Morgan fingerprint density at radius 2 is 1.83 bits per heavy atom. The van der Waals surface area contributed by atoms with Crippen LogP contribution in [0.3, 0.4) is 0 Å². The maximum Gasteiger partial charge on any atom is 0.240 e. The Hall–Kier alpha value is -1.07. The highest BCUT2D eigenvalue weighted by atomic mass is 32.2. The second kappa shape index (κ2) is 4.90. The van der Waals surface area contributed by atoms with E-state index in [-0.39, 0.29) is 5.41 Å². The first kappa shape index (κ1) is 13.4. The Morgan fingerprint density at radius 1 is 1.22 bits per heavy atom. The molecule has 1 saturated carbocycles. The highest BCUT2D eigenvalue weighted by molar-refractivity contribution is 7.89. The van der Waals surface area contributed by atoms with Gasteiger partial charge in [0.25, 0.3) is 0 Å². The number of benzene rings is 1. The topological polar surface area (TPSA) is 58.2 Å². The Kier molecular flexibility index (Phi) is 3.64. The van der Waals surface area contributed by atoms with Gasteiger partial charge in [0.15, 0.2) is 0 Å². The minimum Gasteiger partial charge on any atom is -0.385 e. The molecule has 0 aromatic heterocycles. The van der Waals surface area contributed by atoms with Crippen LogP contribution in [0.1, 0.15) is 26.7 Å². The van der Waals surface area contributed by atoms with Crippen molar-refractivity contribution in [1.29, 1.82) is 0 Å². The van der Waals surface area contributed by atoms with Crippen molar-refractivity contribution in [2.24, 2.45) is 5.41 Å². The van der Waals surface area contributed by atoms with Gasteiger partial charge in [-0.25, -0.2) is 13.1 Å². The third-order valence-corrected chi connectivity index (χ3v) is 4.76. The van der Waals surface area contributed by atoms with Crippen molar-refractivity contribution in [2.75, 3.05) is 18.4 Å². The van der Waals surface area contributed by atoms with Gasteiger partial charge in [-0.2, -0.15) is 0 Å². The van der Waals surface area contributed by atoms with Crippen LogP contribution in [0.2, 0.25) is 0 Å². The number of hydrogen-bond acceptors (Lipinski definition) is 3. The molecular formula is C13H20N2O2S. The Morgan fingerprint density at radius 3 is 2.33 bits per heavy atom. The maximum absolute atomic E-state index is 12.0. The third kappa shape index (κ3) is 3.23. The van der Waals surface area contributed by atoms with E-state index in [1.165, 1.54) is 0 Å². The van der Waals surface area contributed by atoms with E-state index in [0.29, 0.717) is 11.4 Å². The lowest BCUT2D eigenvalue weighted by molar-refractivity contribution is 0.530. The molecule has 5 heteroatoms. The summed E-state index contributed by atoms with van der Waals surface area (Å²) in [7, 11) is -3.36. The Bertz CT molecular complexity index is 504. The first-order valence-corrected chi connectivity index (χ1v) is 7.77. The molecule has 0 aliphatic heterocycles. The largest absolute Gasteiger partial charge is 0.385 e. The molecule has 0 saturated heterocycles. The van der Waals surface area contributed by atoms with Gasteiger partial charge in [-0.15, -0.1) is 0 Å². The fourth-order valence-electron chi connectivity index (χ4n) is 1.70. The SMILES string of the molecule is CCNc1ccc(S(=O)(=O)NCC2(C)CC2)cc1. The Balaban J connectivity index is 2.04. The molecule has 18 heavy (non-hydrogen) atoms. The standard InChI is InChI=1S/C13H20N2O2S/c1-3-14-11-4-6-12(7-5-11)18(16,17)15-10-13(2)8-9-13/h4-7,14-15H,3,8-10H2,1-2H3. The predicted octanol–water partition coefficient (Wildman–Crippen LogP) is 2.20. The lowest BCUT2D eigenvalue weighted by Gasteiger charge is -2.11. The van der Waals surface area contributed by atoms with Gasteiger partial charge in [0.1, 0.15) is 0 Å². The smallest absolute Gasteiger partial charge is 0.240 e. The first-order chi connectivity index (χ1) is 8.45. The highest BCUT2D eigenvalue weighted by Crippen LogP contribution is 2.44. The van der Waals surface area contributed by atoms with Crippen LogP contribution >= 0.6 is 0 Å². The second-order valence-corrected chi connectivity index (χ2v) is 6.96. The fourth-order valence-corrected chi connectivity index (χ4v) is 2.90. The number of anilines is 1. The van der Waals surface area contributed by atoms with Crippen LogP contribution in [0.4, 0.5) is 5.69 Å². The first-order valence-electron chi connectivity index (χ1n) is 6.29. The number of nitrogens with one attached hydrogen (secondary N) is 2. The zero-order valence-electron chi connectivity index (χ0n) is 10.9. The van der Waals surface area contributed by atoms with Gasteiger partial charge < -0.3 is 5.32 Å². The molecule has 1 aliphatic rings. The monoisotopic (exact) mass is 268 g/mol. The molecule has 0 heterocycles. The van der Waals surface area contributed by atoms with Crippen molar-refractivity contribution >= 4 is 15.7 Å². The van der Waals surface area contributed by atoms with E-state index in [2.05, 4.69) is 17.0 Å². The lowest BCUT2D eigenvalue weighted by Crippen LogP contribution is -2.29. The van der Waals surface area contributed by atoms with Crippen LogP contribution in [0.25, 0.3) is 0 Å². The van der Waals surface area contributed by atoms with E-state index in [1.54, 1.807) is 24.3 Å². The van der Waals surface area contributed by atoms with Crippen LogP contribution < -0.4 is 10.0 Å². The summed E-state index contributed by atoms with van der Waals surface area (Å²) in [6.07, 6.45) is 2.21. The molecule has 2 rings (SSSR count). The van der Waals surface area contributed by atoms with Gasteiger partial charge in [0.05, 0.1) is 4.90 Å². The maximum atomic E-state index is 12.0. The van der Waals surface area contributed by atoms with Crippen LogP contribution in [0.5, 0.6) is 0 Å². The predicted molar refractivity (Wildman–Crippen MR) is 73.1 cm³/mol. The van der Waals surface area contributed by atoms with Gasteiger partial charge in [0, 0.05) is 18.8 Å². The molecule has 1 aliphatic carbocycles. The Labute approximate surface area is 109 Å². The summed E-state index contributed by atoms with van der Waals surface area (Å²) in [5.41, 5.74) is 1.11. The van der Waals surface area contributed by atoms with Gasteiger partial charge >= 0.3 is 0 Å². The molecule has 0 atom stereocenters. The van der Waals surface area contributed by atoms with Gasteiger partial charge in [-0.1, -0.05) is 6.92 Å². The van der Waals surface area contributed by atoms with Crippen LogP contribution in [0.15, 0.2) is 29.2 Å². The molecule has 0 bridgehead atoms. The quantitative estimate of drug-likeness (QED) is 0.831. The molecule has 0 unspecified atom stereocenters. The van der Waals surface area contributed by atoms with E-state index in [4.69, 9.17) is 0 Å². The third-order valence-electron chi connectivity index (χ3n) is 3.34. The van der Waals surface area contributed by atoms with Crippen LogP contribution in [-0.2, 0) is 10.0 Å². The molecule has 100 valence electrons. The number of hydrogen-bond donors (Lipinski definition) is 2. The molecule has 0 amide bonds. The summed E-state index contributed by atoms with van der Waals surface area (Å²) < 4.78 is 26.8. The zero-order valence-corrected chi connectivity index (χ0v) is 11.7.